The van der Waals surface area contributed by atoms with Crippen LogP contribution in [0.3, 0.4) is 0 Å². The van der Waals surface area contributed by atoms with Crippen molar-refractivity contribution in [2.45, 2.75) is 38.8 Å². The number of benzene rings is 2. The van der Waals surface area contributed by atoms with E-state index in [0.717, 1.165) is 54.1 Å². The number of halogens is 1. The Morgan fingerprint density at radius 2 is 2.14 bits per heavy atom. The summed E-state index contributed by atoms with van der Waals surface area (Å²) in [7, 11) is 0. The molecule has 2 heterocycles. The molecule has 35 heavy (non-hydrogen) atoms. The maximum atomic E-state index is 11.3. The molecule has 0 radical (unpaired) electrons. The van der Waals surface area contributed by atoms with Crippen LogP contribution in [0, 0.1) is 6.92 Å². The highest BCUT2D eigenvalue weighted by Crippen LogP contribution is 2.38. The van der Waals surface area contributed by atoms with Crippen LogP contribution in [-0.4, -0.2) is 37.7 Å². The van der Waals surface area contributed by atoms with E-state index in [4.69, 9.17) is 16.8 Å². The summed E-state index contributed by atoms with van der Waals surface area (Å²) in [6, 6.07) is 12.6. The van der Waals surface area contributed by atoms with Gasteiger partial charge in [0.1, 0.15) is 0 Å². The van der Waals surface area contributed by atoms with Crippen LogP contribution >= 0.6 is 11.6 Å². The van der Waals surface area contributed by atoms with Crippen LogP contribution in [0.5, 0.6) is 0 Å². The van der Waals surface area contributed by atoms with E-state index >= 15 is 0 Å². The summed E-state index contributed by atoms with van der Waals surface area (Å²) in [5.74, 6) is -0.537. The molecule has 0 saturated heterocycles. The lowest BCUT2D eigenvalue weighted by Gasteiger charge is -2.29. The zero-order valence-electron chi connectivity index (χ0n) is 19.5. The predicted octanol–water partition coefficient (Wildman–Crippen LogP) is 5.10. The fraction of sp³-hybridized carbons (Fsp3) is 0.259. The smallest absolute Gasteiger partial charge is 0.267 e. The van der Waals surface area contributed by atoms with E-state index in [2.05, 4.69) is 44.5 Å². The third kappa shape index (κ3) is 5.03. The number of carbonyl (C=O) groups excluding carboxylic acids is 1. The maximum absolute atomic E-state index is 11.3. The molecule has 1 atom stereocenters. The first-order valence-electron chi connectivity index (χ1n) is 11.8. The summed E-state index contributed by atoms with van der Waals surface area (Å²) >= 11 is 6.17. The fourth-order valence-corrected chi connectivity index (χ4v) is 5.22. The molecule has 0 aliphatic heterocycles. The summed E-state index contributed by atoms with van der Waals surface area (Å²) in [5, 5.41) is 18.0. The van der Waals surface area contributed by atoms with Gasteiger partial charge in [0.15, 0.2) is 0 Å². The minimum Gasteiger partial charge on any atom is -0.361 e. The van der Waals surface area contributed by atoms with E-state index in [1.165, 1.54) is 33.7 Å². The standard InChI is InChI=1S/C27H28ClN5O2/c1-17-21(15-30-31-17)16-33(11-10-20-14-29-25-13-22(28)5-7-23(20)25)26-8-4-19-12-18(2-6-24(19)26)3-9-27(34)32-35/h2-3,5-7,9,12-15,26,29,35H,4,8,10-11,16H2,1H3,(H,30,31)(H,32,34)/b9-3+. The first kappa shape index (κ1) is 23.4. The first-order chi connectivity index (χ1) is 17.0. The fourth-order valence-electron chi connectivity index (χ4n) is 5.04. The number of H-pyrrole nitrogens is 2. The van der Waals surface area contributed by atoms with Crippen LogP contribution in [0.1, 0.15) is 46.0 Å². The maximum Gasteiger partial charge on any atom is 0.267 e. The number of carbonyl (C=O) groups is 1. The SMILES string of the molecule is Cc1n[nH]cc1CN(CCc1c[nH]c2cc(Cl)ccc12)C1CCc2cc(/C=C/C(=O)NO)ccc21. The van der Waals surface area contributed by atoms with Gasteiger partial charge in [-0.3, -0.25) is 20.0 Å². The van der Waals surface area contributed by atoms with Gasteiger partial charge in [-0.05, 0) is 66.6 Å². The van der Waals surface area contributed by atoms with Crippen LogP contribution in [0.4, 0.5) is 0 Å². The zero-order chi connectivity index (χ0) is 24.4. The average molecular weight is 490 g/mol. The van der Waals surface area contributed by atoms with Gasteiger partial charge < -0.3 is 4.98 Å². The summed E-state index contributed by atoms with van der Waals surface area (Å²) < 4.78 is 0. The second kappa shape index (κ2) is 10.1. The molecule has 2 aromatic carbocycles. The number of amides is 1. The Hall–Kier alpha value is -3.39. The lowest BCUT2D eigenvalue weighted by atomic mass is 10.0. The predicted molar refractivity (Wildman–Crippen MR) is 137 cm³/mol. The van der Waals surface area contributed by atoms with Gasteiger partial charge in [-0.15, -0.1) is 0 Å². The Bertz CT molecular complexity index is 1390. The summed E-state index contributed by atoms with van der Waals surface area (Å²) in [5.41, 5.74) is 9.79. The third-order valence-electron chi connectivity index (χ3n) is 6.90. The van der Waals surface area contributed by atoms with Crippen molar-refractivity contribution in [3.63, 3.8) is 0 Å². The van der Waals surface area contributed by atoms with Gasteiger partial charge >= 0.3 is 0 Å². The molecule has 4 N–H and O–H groups in total. The number of rotatable bonds is 8. The Labute approximate surface area is 208 Å². The zero-order valence-corrected chi connectivity index (χ0v) is 20.3. The van der Waals surface area contributed by atoms with E-state index in [-0.39, 0.29) is 0 Å². The molecular weight excluding hydrogens is 462 g/mol. The molecule has 1 amide bonds. The normalized spacial score (nSPS) is 15.4. The molecule has 1 aliphatic rings. The van der Waals surface area contributed by atoms with Gasteiger partial charge in [-0.25, -0.2) is 5.48 Å². The quantitative estimate of drug-likeness (QED) is 0.157. The van der Waals surface area contributed by atoms with Crippen LogP contribution in [0.2, 0.25) is 5.02 Å². The molecule has 1 aliphatic carbocycles. The van der Waals surface area contributed by atoms with E-state index < -0.39 is 5.91 Å². The van der Waals surface area contributed by atoms with Crippen molar-refractivity contribution in [2.75, 3.05) is 6.54 Å². The number of hydrogen-bond donors (Lipinski definition) is 4. The van der Waals surface area contributed by atoms with Crippen molar-refractivity contribution in [3.05, 3.63) is 93.4 Å². The van der Waals surface area contributed by atoms with Gasteiger partial charge in [0.05, 0.1) is 5.69 Å². The van der Waals surface area contributed by atoms with E-state index in [0.29, 0.717) is 6.04 Å². The second-order valence-corrected chi connectivity index (χ2v) is 9.48. The number of aryl methyl sites for hydroxylation is 2. The van der Waals surface area contributed by atoms with Gasteiger partial charge in [0, 0.05) is 59.1 Å². The van der Waals surface area contributed by atoms with E-state index in [9.17, 15) is 4.79 Å². The van der Waals surface area contributed by atoms with E-state index in [1.807, 2.05) is 31.3 Å². The molecule has 7 nitrogen and oxygen atoms in total. The highest BCUT2D eigenvalue weighted by Gasteiger charge is 2.28. The van der Waals surface area contributed by atoms with Crippen molar-refractivity contribution in [1.29, 1.82) is 0 Å². The molecule has 0 fully saturated rings. The van der Waals surface area contributed by atoms with Crippen LogP contribution in [0.25, 0.3) is 17.0 Å². The molecular formula is C27H28ClN5O2. The van der Waals surface area contributed by atoms with Crippen molar-refractivity contribution >= 4 is 34.5 Å². The minimum absolute atomic E-state index is 0.303. The van der Waals surface area contributed by atoms with Gasteiger partial charge in [-0.2, -0.15) is 5.10 Å². The molecule has 1 unspecified atom stereocenters. The Morgan fingerprint density at radius 1 is 1.26 bits per heavy atom. The number of nitrogens with one attached hydrogen (secondary N) is 3. The Kier molecular flexibility index (Phi) is 6.72. The van der Waals surface area contributed by atoms with Crippen LogP contribution in [0.15, 0.2) is 54.9 Å². The number of hydrogen-bond acceptors (Lipinski definition) is 4. The highest BCUT2D eigenvalue weighted by atomic mass is 35.5. The molecule has 0 spiro atoms. The van der Waals surface area contributed by atoms with Crippen LogP contribution < -0.4 is 5.48 Å². The van der Waals surface area contributed by atoms with Crippen molar-refractivity contribution in [2.24, 2.45) is 0 Å². The summed E-state index contributed by atoms with van der Waals surface area (Å²) in [6.45, 7) is 3.76. The molecule has 4 aromatic rings. The Morgan fingerprint density at radius 3 is 2.94 bits per heavy atom. The average Bonchev–Trinajstić information content (AvgIpc) is 3.58. The minimum atomic E-state index is -0.537. The van der Waals surface area contributed by atoms with Crippen molar-refractivity contribution < 1.29 is 10.0 Å². The number of aromatic nitrogens is 3. The summed E-state index contributed by atoms with van der Waals surface area (Å²) in [6.07, 6.45) is 10.1. The van der Waals surface area contributed by atoms with Crippen LogP contribution in [-0.2, 0) is 24.2 Å². The number of nitrogens with zero attached hydrogens (tertiary/aromatic N) is 2. The molecule has 180 valence electrons. The monoisotopic (exact) mass is 489 g/mol. The lowest BCUT2D eigenvalue weighted by molar-refractivity contribution is -0.124. The molecule has 0 saturated carbocycles. The first-order valence-corrected chi connectivity index (χ1v) is 12.1. The second-order valence-electron chi connectivity index (χ2n) is 9.04. The summed E-state index contributed by atoms with van der Waals surface area (Å²) in [4.78, 5) is 17.2. The van der Waals surface area contributed by atoms with Gasteiger partial charge in [0.25, 0.3) is 5.91 Å². The molecule has 8 heteroatoms. The Balaban J connectivity index is 1.39. The van der Waals surface area contributed by atoms with Gasteiger partial charge in [-0.1, -0.05) is 35.9 Å². The molecule has 2 aromatic heterocycles. The highest BCUT2D eigenvalue weighted by molar-refractivity contribution is 6.31. The largest absolute Gasteiger partial charge is 0.361 e. The van der Waals surface area contributed by atoms with E-state index in [1.54, 1.807) is 11.6 Å². The topological polar surface area (TPSA) is 97.0 Å². The van der Waals surface area contributed by atoms with Crippen molar-refractivity contribution in [3.8, 4) is 0 Å². The third-order valence-corrected chi connectivity index (χ3v) is 7.13. The number of fused-ring (bicyclic) bond motifs is 2. The van der Waals surface area contributed by atoms with Gasteiger partial charge in [0.2, 0.25) is 0 Å². The van der Waals surface area contributed by atoms with Crippen molar-refractivity contribution in [1.82, 2.24) is 25.6 Å². The molecule has 0 bridgehead atoms. The molecule has 5 rings (SSSR count). The number of hydroxylamine groups is 1. The lowest BCUT2D eigenvalue weighted by Crippen LogP contribution is -2.29. The number of aromatic amines is 2.